The van der Waals surface area contributed by atoms with E-state index in [-0.39, 0.29) is 0 Å². The van der Waals surface area contributed by atoms with E-state index in [1.54, 1.807) is 77.0 Å². The van der Waals surface area contributed by atoms with Crippen molar-refractivity contribution >= 4 is 0 Å². The molecule has 0 spiro atoms. The monoisotopic (exact) mass is 596 g/mol. The van der Waals surface area contributed by atoms with Crippen molar-refractivity contribution in [3.8, 4) is 0 Å². The molecule has 8 rings (SSSR count). The van der Waals surface area contributed by atoms with Gasteiger partial charge in [-0.15, -0.1) is 0 Å². The minimum atomic E-state index is -2.77. The molecule has 0 amide bonds. The fourth-order valence-corrected chi connectivity index (χ4v) is 36.3. The average Bonchev–Trinajstić information content (AvgIpc) is 3.63. The van der Waals surface area contributed by atoms with Crippen LogP contribution in [0.25, 0.3) is 0 Å². The predicted molar refractivity (Wildman–Crippen MR) is 172 cm³/mol. The van der Waals surface area contributed by atoms with E-state index >= 15 is 0 Å². The molecule has 8 fully saturated rings. The van der Waals surface area contributed by atoms with Crippen LogP contribution in [-0.2, 0) is 16.6 Å². The Kier molecular flexibility index (Phi) is 5.55. The maximum atomic E-state index is 2.92. The zero-order valence-corrected chi connectivity index (χ0v) is 31.2. The molecule has 12 unspecified atom stereocenters. The molecule has 0 aromatic rings. The van der Waals surface area contributed by atoms with E-state index in [1.807, 2.05) is 0 Å². The van der Waals surface area contributed by atoms with E-state index in [9.17, 15) is 0 Å². The Hall–Kier alpha value is 0.714. The molecular formula is C40H68Ti. The van der Waals surface area contributed by atoms with E-state index in [2.05, 4.69) is 83.1 Å². The van der Waals surface area contributed by atoms with Crippen LogP contribution in [0.4, 0.5) is 0 Å². The molecule has 0 N–H and O–H groups in total. The second-order valence-corrected chi connectivity index (χ2v) is 29.1. The Morgan fingerprint density at radius 1 is 0.341 bits per heavy atom. The Bertz CT molecular complexity index is 976. The number of fused-ring (bicyclic) bond motifs is 8. The molecule has 12 atom stereocenters. The van der Waals surface area contributed by atoms with Crippen LogP contribution in [-0.4, -0.2) is 0 Å². The summed E-state index contributed by atoms with van der Waals surface area (Å²) < 4.78 is 4.45. The van der Waals surface area contributed by atoms with Gasteiger partial charge < -0.3 is 0 Å². The van der Waals surface area contributed by atoms with Crippen LogP contribution in [0.1, 0.15) is 160 Å². The summed E-state index contributed by atoms with van der Waals surface area (Å²) in [5.74, 6) is 4.00. The third-order valence-electron chi connectivity index (χ3n) is 21.6. The third kappa shape index (κ3) is 2.76. The average molecular weight is 597 g/mol. The second kappa shape index (κ2) is 7.80. The van der Waals surface area contributed by atoms with E-state index < -0.39 is 16.6 Å². The fourth-order valence-electron chi connectivity index (χ4n) is 17.3. The van der Waals surface area contributed by atoms with Crippen LogP contribution < -0.4 is 0 Å². The summed E-state index contributed by atoms with van der Waals surface area (Å²) in [6.07, 6.45) is 19.0. The van der Waals surface area contributed by atoms with Gasteiger partial charge in [-0.3, -0.25) is 0 Å². The first kappa shape index (κ1) is 29.1. The first-order valence-corrected chi connectivity index (χ1v) is 22.4. The molecule has 8 saturated carbocycles. The molecule has 0 aliphatic heterocycles. The molecule has 8 aliphatic rings. The second-order valence-electron chi connectivity index (χ2n) is 21.7. The van der Waals surface area contributed by atoms with Gasteiger partial charge in [-0.1, -0.05) is 0 Å². The number of hydrogen-bond donors (Lipinski definition) is 0. The van der Waals surface area contributed by atoms with E-state index in [4.69, 9.17) is 0 Å². The van der Waals surface area contributed by atoms with Crippen molar-refractivity contribution in [2.24, 2.45) is 67.0 Å². The molecule has 8 aliphatic carbocycles. The van der Waals surface area contributed by atoms with Crippen LogP contribution >= 0.6 is 0 Å². The molecule has 41 heavy (non-hydrogen) atoms. The Balaban J connectivity index is 1.44. The molecule has 1 heteroatoms. The summed E-state index contributed by atoms with van der Waals surface area (Å²) in [7, 11) is 0. The Morgan fingerprint density at radius 2 is 0.537 bits per heavy atom. The summed E-state index contributed by atoms with van der Waals surface area (Å²) in [5.41, 5.74) is 4.54. The van der Waals surface area contributed by atoms with Crippen molar-refractivity contribution in [3.63, 3.8) is 0 Å². The van der Waals surface area contributed by atoms with Crippen LogP contribution in [0.2, 0.25) is 16.9 Å². The molecule has 0 heterocycles. The molecule has 8 bridgehead atoms. The van der Waals surface area contributed by atoms with Gasteiger partial charge in [0, 0.05) is 0 Å². The summed E-state index contributed by atoms with van der Waals surface area (Å²) in [6, 6.07) is 0. The van der Waals surface area contributed by atoms with Crippen molar-refractivity contribution in [2.45, 2.75) is 177 Å². The van der Waals surface area contributed by atoms with Gasteiger partial charge in [-0.25, -0.2) is 0 Å². The molecular weight excluding hydrogens is 528 g/mol. The SMILES string of the molecule is CC1(C)C2CCC1(C)[CH]([Ti]([CH]1CC3CCC1(C)C3(C)C)([CH]1CC3CCC1(C)C3(C)C)[CH]1CC3CCC1(C)C3(C)C)C2. The van der Waals surface area contributed by atoms with Gasteiger partial charge in [0.2, 0.25) is 0 Å². The van der Waals surface area contributed by atoms with Crippen molar-refractivity contribution < 1.29 is 16.6 Å². The molecule has 0 aromatic heterocycles. The van der Waals surface area contributed by atoms with E-state index in [0.717, 1.165) is 40.6 Å². The van der Waals surface area contributed by atoms with E-state index in [0.29, 0.717) is 43.3 Å². The molecule has 232 valence electrons. The van der Waals surface area contributed by atoms with Crippen LogP contribution in [0.5, 0.6) is 0 Å². The van der Waals surface area contributed by atoms with Crippen molar-refractivity contribution in [2.75, 3.05) is 0 Å². The van der Waals surface area contributed by atoms with Crippen LogP contribution in [0.3, 0.4) is 0 Å². The van der Waals surface area contributed by atoms with Gasteiger partial charge in [-0.2, -0.15) is 0 Å². The Labute approximate surface area is 259 Å². The van der Waals surface area contributed by atoms with Crippen molar-refractivity contribution in [3.05, 3.63) is 0 Å². The van der Waals surface area contributed by atoms with Crippen molar-refractivity contribution in [1.29, 1.82) is 0 Å². The third-order valence-corrected chi connectivity index (χ3v) is 34.6. The van der Waals surface area contributed by atoms with Crippen LogP contribution in [0, 0.1) is 67.0 Å². The minimum absolute atomic E-state index is 0.546. The Morgan fingerprint density at radius 3 is 0.659 bits per heavy atom. The normalized spacial score (nSPS) is 59.4. The summed E-state index contributed by atoms with van der Waals surface area (Å²) in [5, 5.41) is 0. The summed E-state index contributed by atoms with van der Waals surface area (Å²) in [6.45, 7) is 33.9. The molecule has 0 radical (unpaired) electrons. The van der Waals surface area contributed by atoms with Gasteiger partial charge in [0.15, 0.2) is 0 Å². The maximum absolute atomic E-state index is 2.92. The summed E-state index contributed by atoms with van der Waals surface area (Å²) >= 11 is -2.77. The summed E-state index contributed by atoms with van der Waals surface area (Å²) in [4.78, 5) is 0. The van der Waals surface area contributed by atoms with Gasteiger partial charge in [-0.05, 0) is 0 Å². The first-order chi connectivity index (χ1) is 18.8. The molecule has 0 nitrogen and oxygen atoms in total. The van der Waals surface area contributed by atoms with Crippen molar-refractivity contribution in [1.82, 2.24) is 0 Å². The van der Waals surface area contributed by atoms with Gasteiger partial charge in [0.05, 0.1) is 0 Å². The molecule has 0 saturated heterocycles. The number of hydrogen-bond acceptors (Lipinski definition) is 0. The predicted octanol–water partition coefficient (Wildman–Crippen LogP) is 12.7. The van der Waals surface area contributed by atoms with Gasteiger partial charge in [0.25, 0.3) is 0 Å². The zero-order chi connectivity index (χ0) is 29.6. The van der Waals surface area contributed by atoms with E-state index in [1.165, 1.54) is 0 Å². The quantitative estimate of drug-likeness (QED) is 0.283. The van der Waals surface area contributed by atoms with Gasteiger partial charge >= 0.3 is 261 Å². The first-order valence-electron chi connectivity index (χ1n) is 18.8. The fraction of sp³-hybridized carbons (Fsp3) is 1.00. The van der Waals surface area contributed by atoms with Gasteiger partial charge in [0.1, 0.15) is 0 Å². The zero-order valence-electron chi connectivity index (χ0n) is 29.6. The van der Waals surface area contributed by atoms with Crippen LogP contribution in [0.15, 0.2) is 0 Å². The number of rotatable bonds is 4. The standard InChI is InChI=1S/4C10H17.Ti/c4*1-9(2)8-4-6-10(9,3)7-5-8;/h4*6,8H,4-5,7H2,1-3H3;. The molecule has 0 aromatic carbocycles. The topological polar surface area (TPSA) is 0 Å².